The van der Waals surface area contributed by atoms with Gasteiger partial charge in [-0.2, -0.15) is 0 Å². The second-order valence-electron chi connectivity index (χ2n) is 6.23. The van der Waals surface area contributed by atoms with Gasteiger partial charge in [0.2, 0.25) is 0 Å². The maximum Gasteiger partial charge on any atom is 0.133 e. The number of benzene rings is 2. The van der Waals surface area contributed by atoms with Crippen molar-refractivity contribution in [3.05, 3.63) is 101 Å². The summed E-state index contributed by atoms with van der Waals surface area (Å²) in [5.74, 6) is 0.631. The molecule has 27 heavy (non-hydrogen) atoms. The lowest BCUT2D eigenvalue weighted by atomic mass is 10.0. The highest BCUT2D eigenvalue weighted by atomic mass is 35.5. The Morgan fingerprint density at radius 1 is 0.963 bits per heavy atom. The van der Waals surface area contributed by atoms with Crippen LogP contribution in [0.1, 0.15) is 22.9 Å². The van der Waals surface area contributed by atoms with Crippen LogP contribution in [0.3, 0.4) is 0 Å². The third-order valence-electron chi connectivity index (χ3n) is 4.42. The first kappa shape index (κ1) is 17.5. The molecule has 2 heterocycles. The van der Waals surface area contributed by atoms with Crippen LogP contribution in [0.4, 0.5) is 5.82 Å². The number of nitrogens with one attached hydrogen (secondary N) is 1. The molecule has 0 fully saturated rings. The molecule has 0 aliphatic carbocycles. The van der Waals surface area contributed by atoms with E-state index in [9.17, 15) is 5.11 Å². The van der Waals surface area contributed by atoms with Crippen molar-refractivity contribution in [3.63, 3.8) is 0 Å². The largest absolute Gasteiger partial charge is 0.392 e. The van der Waals surface area contributed by atoms with Gasteiger partial charge in [-0.15, -0.1) is 0 Å². The Labute approximate surface area is 162 Å². The van der Waals surface area contributed by atoms with Crippen molar-refractivity contribution in [1.29, 1.82) is 0 Å². The molecule has 0 radical (unpaired) electrons. The molecule has 0 saturated heterocycles. The van der Waals surface area contributed by atoms with Crippen molar-refractivity contribution in [2.75, 3.05) is 5.32 Å². The van der Waals surface area contributed by atoms with E-state index in [2.05, 4.69) is 10.3 Å². The lowest BCUT2D eigenvalue weighted by Crippen LogP contribution is -2.16. The molecule has 2 N–H and O–H groups in total. The molecule has 134 valence electrons. The Morgan fingerprint density at radius 3 is 2.59 bits per heavy atom. The fourth-order valence-corrected chi connectivity index (χ4v) is 3.30. The molecule has 4 aromatic rings. The SMILES string of the molecule is OCc1cc2ccccc2nc1NC(c1cccc(Cl)c1)c1ccccn1. The molecule has 0 amide bonds. The lowest BCUT2D eigenvalue weighted by Gasteiger charge is -2.21. The van der Waals surface area contributed by atoms with Gasteiger partial charge in [-0.05, 0) is 42.0 Å². The Hall–Kier alpha value is -2.95. The van der Waals surface area contributed by atoms with Crippen LogP contribution in [0.15, 0.2) is 79.0 Å². The van der Waals surface area contributed by atoms with Crippen molar-refractivity contribution in [3.8, 4) is 0 Å². The minimum absolute atomic E-state index is 0.106. The molecule has 0 bridgehead atoms. The van der Waals surface area contributed by atoms with Gasteiger partial charge in [0.15, 0.2) is 0 Å². The van der Waals surface area contributed by atoms with E-state index in [4.69, 9.17) is 16.6 Å². The van der Waals surface area contributed by atoms with Gasteiger partial charge in [0.1, 0.15) is 5.82 Å². The van der Waals surface area contributed by atoms with Crippen LogP contribution in [-0.2, 0) is 6.61 Å². The van der Waals surface area contributed by atoms with E-state index in [1.54, 1.807) is 6.20 Å². The fourth-order valence-electron chi connectivity index (χ4n) is 3.10. The summed E-state index contributed by atoms with van der Waals surface area (Å²) in [5, 5.41) is 15.0. The monoisotopic (exact) mass is 375 g/mol. The van der Waals surface area contributed by atoms with Crippen LogP contribution in [0.25, 0.3) is 10.9 Å². The van der Waals surface area contributed by atoms with Gasteiger partial charge < -0.3 is 10.4 Å². The molecular weight excluding hydrogens is 358 g/mol. The summed E-state index contributed by atoms with van der Waals surface area (Å²) in [6.45, 7) is -0.106. The van der Waals surface area contributed by atoms with E-state index in [-0.39, 0.29) is 12.6 Å². The zero-order chi connectivity index (χ0) is 18.6. The minimum atomic E-state index is -0.246. The van der Waals surface area contributed by atoms with E-state index < -0.39 is 0 Å². The van der Waals surface area contributed by atoms with E-state index in [0.717, 1.165) is 27.7 Å². The summed E-state index contributed by atoms with van der Waals surface area (Å²) < 4.78 is 0. The van der Waals surface area contributed by atoms with Gasteiger partial charge in [0.25, 0.3) is 0 Å². The fraction of sp³-hybridized carbons (Fsp3) is 0.0909. The Morgan fingerprint density at radius 2 is 1.81 bits per heavy atom. The molecule has 0 aliphatic rings. The zero-order valence-electron chi connectivity index (χ0n) is 14.5. The standard InChI is InChI=1S/C22H18ClN3O/c23-18-8-5-7-16(13-18)21(20-10-3-4-11-24-20)26-22-17(14-27)12-15-6-1-2-9-19(15)25-22/h1-13,21,27H,14H2,(H,25,26). The Balaban J connectivity index is 1.81. The number of hydrogen-bond acceptors (Lipinski definition) is 4. The van der Waals surface area contributed by atoms with Crippen molar-refractivity contribution < 1.29 is 5.11 Å². The van der Waals surface area contributed by atoms with E-state index >= 15 is 0 Å². The summed E-state index contributed by atoms with van der Waals surface area (Å²) in [7, 11) is 0. The predicted molar refractivity (Wildman–Crippen MR) is 109 cm³/mol. The average molecular weight is 376 g/mol. The summed E-state index contributed by atoms with van der Waals surface area (Å²) in [6.07, 6.45) is 1.76. The third kappa shape index (κ3) is 3.77. The topological polar surface area (TPSA) is 58.0 Å². The highest BCUT2D eigenvalue weighted by Gasteiger charge is 2.18. The van der Waals surface area contributed by atoms with Gasteiger partial charge >= 0.3 is 0 Å². The number of aromatic nitrogens is 2. The smallest absolute Gasteiger partial charge is 0.133 e. The lowest BCUT2D eigenvalue weighted by molar-refractivity contribution is 0.282. The summed E-state index contributed by atoms with van der Waals surface area (Å²) in [4.78, 5) is 9.23. The quantitative estimate of drug-likeness (QED) is 0.516. The van der Waals surface area contributed by atoms with E-state index in [0.29, 0.717) is 10.8 Å². The Bertz CT molecular complexity index is 1070. The van der Waals surface area contributed by atoms with Crippen LogP contribution in [0, 0.1) is 0 Å². The van der Waals surface area contributed by atoms with Gasteiger partial charge in [0, 0.05) is 22.2 Å². The third-order valence-corrected chi connectivity index (χ3v) is 4.65. The van der Waals surface area contributed by atoms with Crippen LogP contribution < -0.4 is 5.32 Å². The average Bonchev–Trinajstić information content (AvgIpc) is 2.72. The van der Waals surface area contributed by atoms with Crippen molar-refractivity contribution in [2.24, 2.45) is 0 Å². The molecule has 4 rings (SSSR count). The minimum Gasteiger partial charge on any atom is -0.392 e. The summed E-state index contributed by atoms with van der Waals surface area (Å²) in [5.41, 5.74) is 3.42. The molecule has 0 saturated carbocycles. The second-order valence-corrected chi connectivity index (χ2v) is 6.67. The molecule has 1 unspecified atom stereocenters. The molecule has 2 aromatic heterocycles. The molecule has 0 aliphatic heterocycles. The van der Waals surface area contributed by atoms with Crippen LogP contribution in [0.2, 0.25) is 5.02 Å². The van der Waals surface area contributed by atoms with Crippen molar-refractivity contribution in [1.82, 2.24) is 9.97 Å². The van der Waals surface area contributed by atoms with Crippen LogP contribution in [-0.4, -0.2) is 15.1 Å². The normalized spacial score (nSPS) is 12.1. The number of nitrogens with zero attached hydrogens (tertiary/aromatic N) is 2. The maximum atomic E-state index is 9.86. The van der Waals surface area contributed by atoms with Gasteiger partial charge in [-0.1, -0.05) is 48.0 Å². The molecule has 4 nitrogen and oxygen atoms in total. The van der Waals surface area contributed by atoms with Crippen molar-refractivity contribution in [2.45, 2.75) is 12.6 Å². The number of aliphatic hydroxyl groups is 1. The second kappa shape index (κ2) is 7.74. The number of aliphatic hydroxyl groups excluding tert-OH is 1. The highest BCUT2D eigenvalue weighted by Crippen LogP contribution is 2.29. The first-order valence-corrected chi connectivity index (χ1v) is 9.05. The maximum absolute atomic E-state index is 9.86. The van der Waals surface area contributed by atoms with E-state index in [1.807, 2.05) is 72.8 Å². The van der Waals surface area contributed by atoms with Crippen molar-refractivity contribution >= 4 is 28.3 Å². The molecule has 2 aromatic carbocycles. The van der Waals surface area contributed by atoms with E-state index in [1.165, 1.54) is 0 Å². The van der Waals surface area contributed by atoms with Crippen LogP contribution in [0.5, 0.6) is 0 Å². The first-order chi connectivity index (χ1) is 13.2. The number of pyridine rings is 2. The Kier molecular flexibility index (Phi) is 5.01. The number of hydrogen-bond donors (Lipinski definition) is 2. The highest BCUT2D eigenvalue weighted by molar-refractivity contribution is 6.30. The molecule has 0 spiro atoms. The molecular formula is C22H18ClN3O. The summed E-state index contributed by atoms with van der Waals surface area (Å²) >= 11 is 6.21. The summed E-state index contributed by atoms with van der Waals surface area (Å²) in [6, 6.07) is 23.0. The number of halogens is 1. The molecule has 1 atom stereocenters. The first-order valence-electron chi connectivity index (χ1n) is 8.67. The number of rotatable bonds is 5. The van der Waals surface area contributed by atoms with Gasteiger partial charge in [-0.3, -0.25) is 4.98 Å². The van der Waals surface area contributed by atoms with Gasteiger partial charge in [0.05, 0.1) is 23.9 Å². The molecule has 5 heteroatoms. The predicted octanol–water partition coefficient (Wildman–Crippen LogP) is 4.98. The number of fused-ring (bicyclic) bond motifs is 1. The zero-order valence-corrected chi connectivity index (χ0v) is 15.3. The number of para-hydroxylation sites is 1. The van der Waals surface area contributed by atoms with Crippen LogP contribution >= 0.6 is 11.6 Å². The number of anilines is 1. The van der Waals surface area contributed by atoms with Gasteiger partial charge in [-0.25, -0.2) is 4.98 Å².